The maximum atomic E-state index is 12.6. The molecule has 1 atom stereocenters. The van der Waals surface area contributed by atoms with Crippen LogP contribution in [0.15, 0.2) is 0 Å². The minimum Gasteiger partial charge on any atom is -0.385 e. The van der Waals surface area contributed by atoms with E-state index in [4.69, 9.17) is 9.47 Å². The highest BCUT2D eigenvalue weighted by Crippen LogP contribution is 2.34. The van der Waals surface area contributed by atoms with E-state index in [9.17, 15) is 9.59 Å². The van der Waals surface area contributed by atoms with Crippen molar-refractivity contribution in [3.8, 4) is 0 Å². The van der Waals surface area contributed by atoms with Crippen molar-refractivity contribution in [2.75, 3.05) is 40.0 Å². The normalized spacial score (nSPS) is 28.8. The molecular formula is C17H28N2O4. The van der Waals surface area contributed by atoms with E-state index in [0.717, 1.165) is 45.1 Å². The fraction of sp³-hybridized carbons (Fsp3) is 0.882. The number of ether oxygens (including phenoxy) is 2. The molecule has 0 aromatic heterocycles. The lowest BCUT2D eigenvalue weighted by Crippen LogP contribution is -2.53. The predicted octanol–water partition coefficient (Wildman–Crippen LogP) is 0.947. The fourth-order valence-corrected chi connectivity index (χ4v) is 3.64. The monoisotopic (exact) mass is 324 g/mol. The van der Waals surface area contributed by atoms with Crippen molar-refractivity contribution in [1.29, 1.82) is 0 Å². The molecule has 0 radical (unpaired) electrons. The Bertz CT molecular complexity index is 446. The smallest absolute Gasteiger partial charge is 0.225 e. The molecule has 2 aliphatic heterocycles. The second-order valence-electron chi connectivity index (χ2n) is 7.18. The van der Waals surface area contributed by atoms with Gasteiger partial charge in [0.25, 0.3) is 0 Å². The van der Waals surface area contributed by atoms with Crippen molar-refractivity contribution in [3.05, 3.63) is 0 Å². The molecule has 0 aromatic rings. The van der Waals surface area contributed by atoms with E-state index in [1.807, 2.05) is 4.90 Å². The largest absolute Gasteiger partial charge is 0.385 e. The van der Waals surface area contributed by atoms with Gasteiger partial charge in [0.15, 0.2) is 0 Å². The van der Waals surface area contributed by atoms with E-state index in [1.165, 1.54) is 0 Å². The first-order valence-electron chi connectivity index (χ1n) is 8.81. The number of carbonyl (C=O) groups excluding carboxylic acids is 2. The van der Waals surface area contributed by atoms with E-state index < -0.39 is 0 Å². The zero-order valence-electron chi connectivity index (χ0n) is 14.0. The summed E-state index contributed by atoms with van der Waals surface area (Å²) in [5, 5.41) is 3.27. The minimum atomic E-state index is -0.323. The Morgan fingerprint density at radius 3 is 2.61 bits per heavy atom. The van der Waals surface area contributed by atoms with Crippen LogP contribution in [0.25, 0.3) is 0 Å². The lowest BCUT2D eigenvalue weighted by molar-refractivity contribution is -0.133. The van der Waals surface area contributed by atoms with E-state index >= 15 is 0 Å². The van der Waals surface area contributed by atoms with Crippen LogP contribution in [-0.4, -0.2) is 62.3 Å². The SMILES string of the molecule is COCCC1(NC(=O)C2CCOCC2)CCN(C(=O)C2CC2)C1. The maximum absolute atomic E-state index is 12.6. The first kappa shape index (κ1) is 16.7. The average Bonchev–Trinajstić information content (AvgIpc) is 3.35. The lowest BCUT2D eigenvalue weighted by Gasteiger charge is -2.33. The number of carbonyl (C=O) groups is 2. The van der Waals surface area contributed by atoms with Gasteiger partial charge >= 0.3 is 0 Å². The van der Waals surface area contributed by atoms with Crippen LogP contribution in [0.1, 0.15) is 38.5 Å². The molecule has 3 aliphatic rings. The molecule has 3 rings (SSSR count). The standard InChI is InChI=1S/C17H28N2O4/c1-22-11-7-17(18-15(20)13-4-9-23-10-5-13)6-8-19(12-17)16(21)14-2-3-14/h13-14H,2-12H2,1H3,(H,18,20). The number of amides is 2. The molecule has 23 heavy (non-hydrogen) atoms. The molecule has 6 nitrogen and oxygen atoms in total. The Hall–Kier alpha value is -1.14. The van der Waals surface area contributed by atoms with Gasteiger partial charge in [-0.2, -0.15) is 0 Å². The zero-order valence-corrected chi connectivity index (χ0v) is 14.0. The zero-order chi connectivity index (χ0) is 16.3. The van der Waals surface area contributed by atoms with Crippen LogP contribution < -0.4 is 5.32 Å². The molecule has 1 N–H and O–H groups in total. The van der Waals surface area contributed by atoms with Gasteiger partial charge < -0.3 is 19.7 Å². The maximum Gasteiger partial charge on any atom is 0.225 e. The topological polar surface area (TPSA) is 67.9 Å². The third-order valence-corrected chi connectivity index (χ3v) is 5.36. The van der Waals surface area contributed by atoms with E-state index in [-0.39, 0.29) is 29.2 Å². The van der Waals surface area contributed by atoms with Gasteiger partial charge in [0.2, 0.25) is 11.8 Å². The van der Waals surface area contributed by atoms with Crippen LogP contribution in [0.4, 0.5) is 0 Å². The molecular weight excluding hydrogens is 296 g/mol. The summed E-state index contributed by atoms with van der Waals surface area (Å²) in [7, 11) is 1.68. The summed E-state index contributed by atoms with van der Waals surface area (Å²) in [5.74, 6) is 0.658. The van der Waals surface area contributed by atoms with Gasteiger partial charge in [-0.1, -0.05) is 0 Å². The summed E-state index contributed by atoms with van der Waals surface area (Å²) in [6.07, 6.45) is 5.20. The molecule has 0 bridgehead atoms. The average molecular weight is 324 g/mol. The first-order valence-corrected chi connectivity index (χ1v) is 8.81. The van der Waals surface area contributed by atoms with Gasteiger partial charge in [-0.15, -0.1) is 0 Å². The summed E-state index contributed by atoms with van der Waals surface area (Å²) in [6, 6.07) is 0. The number of nitrogens with one attached hydrogen (secondary N) is 1. The number of methoxy groups -OCH3 is 1. The molecule has 1 aliphatic carbocycles. The second kappa shape index (κ2) is 7.18. The number of hydrogen-bond acceptors (Lipinski definition) is 4. The summed E-state index contributed by atoms with van der Waals surface area (Å²) in [5.41, 5.74) is -0.323. The third kappa shape index (κ3) is 4.04. The van der Waals surface area contributed by atoms with Crippen LogP contribution in [0.3, 0.4) is 0 Å². The Kier molecular flexibility index (Phi) is 5.21. The van der Waals surface area contributed by atoms with Crippen LogP contribution in [-0.2, 0) is 19.1 Å². The van der Waals surface area contributed by atoms with E-state index in [2.05, 4.69) is 5.32 Å². The van der Waals surface area contributed by atoms with Crippen LogP contribution in [0.2, 0.25) is 0 Å². The Balaban J connectivity index is 1.62. The molecule has 2 saturated heterocycles. The summed E-state index contributed by atoms with van der Waals surface area (Å²) in [4.78, 5) is 26.9. The Labute approximate surface area is 137 Å². The molecule has 0 spiro atoms. The number of nitrogens with zero attached hydrogens (tertiary/aromatic N) is 1. The second-order valence-corrected chi connectivity index (χ2v) is 7.18. The van der Waals surface area contributed by atoms with E-state index in [0.29, 0.717) is 26.4 Å². The molecule has 6 heteroatoms. The Morgan fingerprint density at radius 1 is 1.22 bits per heavy atom. The Morgan fingerprint density at radius 2 is 1.96 bits per heavy atom. The third-order valence-electron chi connectivity index (χ3n) is 5.36. The molecule has 3 fully saturated rings. The molecule has 0 aromatic carbocycles. The van der Waals surface area contributed by atoms with Crippen molar-refractivity contribution in [3.63, 3.8) is 0 Å². The van der Waals surface area contributed by atoms with Crippen LogP contribution >= 0.6 is 0 Å². The molecule has 1 unspecified atom stereocenters. The number of likely N-dealkylation sites (tertiary alicyclic amines) is 1. The van der Waals surface area contributed by atoms with Gasteiger partial charge in [0, 0.05) is 51.9 Å². The van der Waals surface area contributed by atoms with Crippen LogP contribution in [0.5, 0.6) is 0 Å². The number of rotatable bonds is 6. The van der Waals surface area contributed by atoms with Crippen molar-refractivity contribution in [2.24, 2.45) is 11.8 Å². The van der Waals surface area contributed by atoms with Crippen molar-refractivity contribution < 1.29 is 19.1 Å². The van der Waals surface area contributed by atoms with Crippen molar-refractivity contribution >= 4 is 11.8 Å². The fourth-order valence-electron chi connectivity index (χ4n) is 3.64. The van der Waals surface area contributed by atoms with Gasteiger partial charge in [-0.25, -0.2) is 0 Å². The molecule has 130 valence electrons. The lowest BCUT2D eigenvalue weighted by atomic mass is 9.91. The highest BCUT2D eigenvalue weighted by molar-refractivity contribution is 5.82. The van der Waals surface area contributed by atoms with Gasteiger partial charge in [-0.05, 0) is 38.5 Å². The molecule has 2 heterocycles. The first-order chi connectivity index (χ1) is 11.1. The molecule has 2 amide bonds. The van der Waals surface area contributed by atoms with E-state index in [1.54, 1.807) is 7.11 Å². The molecule has 1 saturated carbocycles. The van der Waals surface area contributed by atoms with Gasteiger partial charge in [0.1, 0.15) is 0 Å². The minimum absolute atomic E-state index is 0.0383. The van der Waals surface area contributed by atoms with Gasteiger partial charge in [0.05, 0.1) is 5.54 Å². The highest BCUT2D eigenvalue weighted by Gasteiger charge is 2.44. The quantitative estimate of drug-likeness (QED) is 0.790. The summed E-state index contributed by atoms with van der Waals surface area (Å²) < 4.78 is 10.6. The summed E-state index contributed by atoms with van der Waals surface area (Å²) >= 11 is 0. The highest BCUT2D eigenvalue weighted by atomic mass is 16.5. The van der Waals surface area contributed by atoms with Crippen molar-refractivity contribution in [2.45, 2.75) is 44.1 Å². The number of hydrogen-bond donors (Lipinski definition) is 1. The van der Waals surface area contributed by atoms with Crippen LogP contribution in [0, 0.1) is 11.8 Å². The predicted molar refractivity (Wildman–Crippen MR) is 84.8 cm³/mol. The van der Waals surface area contributed by atoms with Gasteiger partial charge in [-0.3, -0.25) is 9.59 Å². The van der Waals surface area contributed by atoms with Crippen molar-refractivity contribution in [1.82, 2.24) is 10.2 Å². The summed E-state index contributed by atoms with van der Waals surface area (Å²) in [6.45, 7) is 3.29.